The second-order valence-corrected chi connectivity index (χ2v) is 5.84. The van der Waals surface area contributed by atoms with E-state index in [1.54, 1.807) is 25.5 Å². The highest BCUT2D eigenvalue weighted by molar-refractivity contribution is 14.0. The summed E-state index contributed by atoms with van der Waals surface area (Å²) >= 11 is 1.72. The Kier molecular flexibility index (Phi) is 12.8. The van der Waals surface area contributed by atoms with Crippen molar-refractivity contribution in [2.24, 2.45) is 4.99 Å². The van der Waals surface area contributed by atoms with Gasteiger partial charge in [0.25, 0.3) is 0 Å². The zero-order chi connectivity index (χ0) is 15.5. The summed E-state index contributed by atoms with van der Waals surface area (Å²) in [5.41, 5.74) is 1.09. The lowest BCUT2D eigenvalue weighted by molar-refractivity contribution is 0.0698. The molecule has 1 heterocycles. The highest BCUT2D eigenvalue weighted by atomic mass is 127. The number of aryl methyl sites for hydroxylation is 2. The molecule has 128 valence electrons. The molecule has 0 fully saturated rings. The summed E-state index contributed by atoms with van der Waals surface area (Å²) in [6.45, 7) is 7.65. The fourth-order valence-electron chi connectivity index (χ4n) is 1.75. The Morgan fingerprint density at radius 1 is 1.23 bits per heavy atom. The van der Waals surface area contributed by atoms with Gasteiger partial charge in [0.05, 0.1) is 30.5 Å². The molecule has 0 aliphatic heterocycles. The number of nitrogens with one attached hydrogen (secondary N) is 2. The van der Waals surface area contributed by atoms with Crippen LogP contribution in [-0.4, -0.2) is 51.5 Å². The summed E-state index contributed by atoms with van der Waals surface area (Å²) in [6, 6.07) is 0. The summed E-state index contributed by atoms with van der Waals surface area (Å²) in [7, 11) is 3.45. The Labute approximate surface area is 154 Å². The van der Waals surface area contributed by atoms with E-state index in [1.807, 2.05) is 13.8 Å². The van der Waals surface area contributed by atoms with E-state index in [4.69, 9.17) is 9.47 Å². The number of aliphatic imine (C=N–C) groups is 1. The highest BCUT2D eigenvalue weighted by Gasteiger charge is 2.05. The van der Waals surface area contributed by atoms with Crippen molar-refractivity contribution in [2.45, 2.75) is 26.8 Å². The van der Waals surface area contributed by atoms with Gasteiger partial charge in [-0.3, -0.25) is 4.99 Å². The van der Waals surface area contributed by atoms with Crippen LogP contribution < -0.4 is 10.6 Å². The van der Waals surface area contributed by atoms with Crippen LogP contribution in [-0.2, 0) is 16.0 Å². The van der Waals surface area contributed by atoms with Crippen molar-refractivity contribution in [3.63, 3.8) is 0 Å². The average Bonchev–Trinajstić information content (AvgIpc) is 2.79. The van der Waals surface area contributed by atoms with Gasteiger partial charge in [0, 0.05) is 32.2 Å². The zero-order valence-corrected chi connectivity index (χ0v) is 16.9. The SMILES string of the molecule is CN=C(NCCCOCCOC)NCc1sc(C)nc1C.I. The Morgan fingerprint density at radius 2 is 2.00 bits per heavy atom. The van der Waals surface area contributed by atoms with Crippen LogP contribution in [0.4, 0.5) is 0 Å². The second kappa shape index (κ2) is 13.0. The lowest BCUT2D eigenvalue weighted by Gasteiger charge is -2.11. The molecule has 1 rings (SSSR count). The van der Waals surface area contributed by atoms with Gasteiger partial charge < -0.3 is 20.1 Å². The molecule has 0 atom stereocenters. The minimum absolute atomic E-state index is 0. The molecule has 0 saturated heterocycles. The van der Waals surface area contributed by atoms with Crippen molar-refractivity contribution in [3.8, 4) is 0 Å². The third-order valence-electron chi connectivity index (χ3n) is 2.83. The van der Waals surface area contributed by atoms with Crippen LogP contribution in [0.1, 0.15) is 22.0 Å². The molecule has 0 amide bonds. The lowest BCUT2D eigenvalue weighted by Crippen LogP contribution is -2.37. The summed E-state index contributed by atoms with van der Waals surface area (Å²) in [5, 5.41) is 7.67. The topological polar surface area (TPSA) is 67.8 Å². The monoisotopic (exact) mass is 442 g/mol. The number of ether oxygens (including phenoxy) is 2. The quantitative estimate of drug-likeness (QED) is 0.265. The molecule has 0 aromatic carbocycles. The van der Waals surface area contributed by atoms with Crippen LogP contribution in [0.25, 0.3) is 0 Å². The van der Waals surface area contributed by atoms with Gasteiger partial charge in [0.15, 0.2) is 5.96 Å². The Bertz CT molecular complexity index is 440. The maximum atomic E-state index is 5.41. The molecule has 0 radical (unpaired) electrons. The molecule has 22 heavy (non-hydrogen) atoms. The number of methoxy groups -OCH3 is 1. The van der Waals surface area contributed by atoms with Gasteiger partial charge >= 0.3 is 0 Å². The smallest absolute Gasteiger partial charge is 0.191 e. The van der Waals surface area contributed by atoms with Crippen LogP contribution in [0.2, 0.25) is 0 Å². The van der Waals surface area contributed by atoms with Crippen molar-refractivity contribution in [1.29, 1.82) is 0 Å². The van der Waals surface area contributed by atoms with Crippen molar-refractivity contribution in [3.05, 3.63) is 15.6 Å². The van der Waals surface area contributed by atoms with Gasteiger partial charge in [-0.05, 0) is 20.3 Å². The maximum Gasteiger partial charge on any atom is 0.191 e. The second-order valence-electron chi connectivity index (χ2n) is 4.55. The summed E-state index contributed by atoms with van der Waals surface area (Å²) in [5.74, 6) is 0.803. The van der Waals surface area contributed by atoms with Crippen LogP contribution in [0.15, 0.2) is 4.99 Å². The number of guanidine groups is 1. The number of rotatable bonds is 9. The predicted octanol–water partition coefficient (Wildman–Crippen LogP) is 2.10. The highest BCUT2D eigenvalue weighted by Crippen LogP contribution is 2.16. The van der Waals surface area contributed by atoms with Crippen molar-refractivity contribution < 1.29 is 9.47 Å². The molecule has 0 bridgehead atoms. The number of hydrogen-bond acceptors (Lipinski definition) is 5. The van der Waals surface area contributed by atoms with Crippen molar-refractivity contribution >= 4 is 41.3 Å². The van der Waals surface area contributed by atoms with Gasteiger partial charge in [-0.2, -0.15) is 0 Å². The van der Waals surface area contributed by atoms with E-state index in [1.165, 1.54) is 4.88 Å². The lowest BCUT2D eigenvalue weighted by atomic mass is 10.4. The molecule has 0 spiro atoms. The molecule has 0 aliphatic rings. The molecule has 0 aliphatic carbocycles. The zero-order valence-electron chi connectivity index (χ0n) is 13.8. The number of nitrogens with zero attached hydrogens (tertiary/aromatic N) is 2. The number of hydrogen-bond donors (Lipinski definition) is 2. The first-order valence-corrected chi connectivity index (χ1v) is 7.93. The van der Waals surface area contributed by atoms with E-state index in [0.717, 1.165) is 42.8 Å². The molecule has 8 heteroatoms. The summed E-state index contributed by atoms with van der Waals surface area (Å²) < 4.78 is 10.3. The van der Waals surface area contributed by atoms with E-state index in [9.17, 15) is 0 Å². The standard InChI is InChI=1S/C14H26N4O2S.HI/c1-11-13(21-12(2)18-11)10-17-14(15-3)16-6-5-7-20-9-8-19-4;/h5-10H2,1-4H3,(H2,15,16,17);1H. The van der Waals surface area contributed by atoms with Gasteiger partial charge in [-0.25, -0.2) is 4.98 Å². The van der Waals surface area contributed by atoms with Crippen LogP contribution >= 0.6 is 35.3 Å². The first-order chi connectivity index (χ1) is 10.2. The normalized spacial score (nSPS) is 11.2. The number of aromatic nitrogens is 1. The Balaban J connectivity index is 0.00000441. The average molecular weight is 442 g/mol. The third-order valence-corrected chi connectivity index (χ3v) is 3.90. The van der Waals surface area contributed by atoms with E-state index < -0.39 is 0 Å². The molecular formula is C14H27IN4O2S. The van der Waals surface area contributed by atoms with Crippen molar-refractivity contribution in [2.75, 3.05) is 40.5 Å². The van der Waals surface area contributed by atoms with E-state index in [2.05, 4.69) is 20.6 Å². The van der Waals surface area contributed by atoms with Crippen LogP contribution in [0.3, 0.4) is 0 Å². The Morgan fingerprint density at radius 3 is 2.59 bits per heavy atom. The maximum absolute atomic E-state index is 5.41. The van der Waals surface area contributed by atoms with E-state index >= 15 is 0 Å². The molecular weight excluding hydrogens is 415 g/mol. The largest absolute Gasteiger partial charge is 0.382 e. The number of thiazole rings is 1. The summed E-state index contributed by atoms with van der Waals surface area (Å²) in [6.07, 6.45) is 0.934. The van der Waals surface area contributed by atoms with E-state index in [0.29, 0.717) is 13.2 Å². The van der Waals surface area contributed by atoms with Gasteiger partial charge in [0.2, 0.25) is 0 Å². The first kappa shape index (κ1) is 21.6. The van der Waals surface area contributed by atoms with E-state index in [-0.39, 0.29) is 24.0 Å². The molecule has 0 unspecified atom stereocenters. The summed E-state index contributed by atoms with van der Waals surface area (Å²) in [4.78, 5) is 9.87. The molecule has 2 N–H and O–H groups in total. The molecule has 1 aromatic rings. The third kappa shape index (κ3) is 8.86. The minimum Gasteiger partial charge on any atom is -0.382 e. The minimum atomic E-state index is 0. The van der Waals surface area contributed by atoms with Gasteiger partial charge in [-0.1, -0.05) is 0 Å². The molecule has 0 saturated carbocycles. The fraction of sp³-hybridized carbons (Fsp3) is 0.714. The van der Waals surface area contributed by atoms with Crippen LogP contribution in [0.5, 0.6) is 0 Å². The molecule has 1 aromatic heterocycles. The van der Waals surface area contributed by atoms with Gasteiger partial charge in [-0.15, -0.1) is 35.3 Å². The Hall–Kier alpha value is -0.450. The number of halogens is 1. The fourth-order valence-corrected chi connectivity index (χ4v) is 2.62. The first-order valence-electron chi connectivity index (χ1n) is 7.11. The van der Waals surface area contributed by atoms with Gasteiger partial charge in [0.1, 0.15) is 0 Å². The van der Waals surface area contributed by atoms with Crippen molar-refractivity contribution in [1.82, 2.24) is 15.6 Å². The molecule has 6 nitrogen and oxygen atoms in total. The predicted molar refractivity (Wildman–Crippen MR) is 103 cm³/mol. The van der Waals surface area contributed by atoms with Crippen LogP contribution in [0, 0.1) is 13.8 Å².